The third-order valence-electron chi connectivity index (χ3n) is 2.67. The van der Waals surface area contributed by atoms with Crippen LogP contribution >= 0.6 is 11.6 Å². The van der Waals surface area contributed by atoms with Crippen molar-refractivity contribution in [3.63, 3.8) is 0 Å². The summed E-state index contributed by atoms with van der Waals surface area (Å²) in [7, 11) is 0. The molecule has 2 aromatic rings. The van der Waals surface area contributed by atoms with Gasteiger partial charge in [-0.2, -0.15) is 0 Å². The summed E-state index contributed by atoms with van der Waals surface area (Å²) < 4.78 is 0. The minimum absolute atomic E-state index is 0.0149. The molecule has 0 atom stereocenters. The Morgan fingerprint density at radius 3 is 2.57 bits per heavy atom. The van der Waals surface area contributed by atoms with Gasteiger partial charge in [-0.25, -0.2) is 5.48 Å². The summed E-state index contributed by atoms with van der Waals surface area (Å²) in [6.07, 6.45) is 0. The Balaban J connectivity index is 2.01. The van der Waals surface area contributed by atoms with Crippen LogP contribution in [0.15, 0.2) is 48.5 Å². The molecule has 0 aliphatic heterocycles. The maximum Gasteiger partial charge on any atom is 0.288 e. The van der Waals surface area contributed by atoms with E-state index < -0.39 is 10.8 Å². The van der Waals surface area contributed by atoms with Crippen molar-refractivity contribution in [2.24, 2.45) is 0 Å². The highest BCUT2D eigenvalue weighted by molar-refractivity contribution is 6.35. The molecule has 1 amide bonds. The molecule has 0 unspecified atom stereocenters. The second-order valence-corrected chi connectivity index (χ2v) is 4.48. The molecule has 0 radical (unpaired) electrons. The third-order valence-corrected chi connectivity index (χ3v) is 3.06. The Morgan fingerprint density at radius 2 is 1.90 bits per heavy atom. The molecule has 0 fully saturated rings. The quantitative estimate of drug-likeness (QED) is 0.679. The minimum Gasteiger partial charge on any atom is -0.269 e. The van der Waals surface area contributed by atoms with E-state index in [4.69, 9.17) is 16.4 Å². The van der Waals surface area contributed by atoms with Crippen LogP contribution in [0.5, 0.6) is 0 Å². The molecule has 2 aromatic carbocycles. The Labute approximate surface area is 125 Å². The normalized spacial score (nSPS) is 10.1. The first-order valence-electron chi connectivity index (χ1n) is 5.98. The Kier molecular flexibility index (Phi) is 4.86. The number of nitrogens with one attached hydrogen (secondary N) is 1. The predicted octanol–water partition coefficient (Wildman–Crippen LogP) is 3.11. The van der Waals surface area contributed by atoms with E-state index >= 15 is 0 Å². The molecule has 0 spiro atoms. The molecule has 2 rings (SSSR count). The van der Waals surface area contributed by atoms with Gasteiger partial charge in [0.2, 0.25) is 0 Å². The summed E-state index contributed by atoms with van der Waals surface area (Å²) in [6, 6.07) is 13.2. The molecule has 0 aliphatic rings. The lowest BCUT2D eigenvalue weighted by Gasteiger charge is -2.07. The number of nitro benzene ring substituents is 1. The molecule has 21 heavy (non-hydrogen) atoms. The van der Waals surface area contributed by atoms with Crippen LogP contribution in [0.25, 0.3) is 0 Å². The lowest BCUT2D eigenvalue weighted by molar-refractivity contribution is -0.384. The average Bonchev–Trinajstić information content (AvgIpc) is 2.48. The van der Waals surface area contributed by atoms with Crippen molar-refractivity contribution in [3.05, 3.63) is 74.8 Å². The van der Waals surface area contributed by atoms with Crippen molar-refractivity contribution >= 4 is 23.2 Å². The number of carbonyl (C=O) groups is 1. The number of nitro groups is 1. The smallest absolute Gasteiger partial charge is 0.269 e. The second-order valence-electron chi connectivity index (χ2n) is 4.10. The van der Waals surface area contributed by atoms with Gasteiger partial charge in [0.15, 0.2) is 0 Å². The zero-order valence-corrected chi connectivity index (χ0v) is 11.5. The summed E-state index contributed by atoms with van der Waals surface area (Å²) in [6.45, 7) is 0.180. The van der Waals surface area contributed by atoms with Crippen molar-refractivity contribution in [3.8, 4) is 0 Å². The SMILES string of the molecule is O=C(NOCc1ccccc1)c1cccc([N+](=O)[O-])c1Cl. The molecule has 108 valence electrons. The summed E-state index contributed by atoms with van der Waals surface area (Å²) >= 11 is 5.84. The molecule has 0 saturated heterocycles. The van der Waals surface area contributed by atoms with Gasteiger partial charge in [-0.3, -0.25) is 19.7 Å². The summed E-state index contributed by atoms with van der Waals surface area (Å²) in [5.74, 6) is -0.639. The third kappa shape index (κ3) is 3.77. The van der Waals surface area contributed by atoms with Crippen molar-refractivity contribution in [2.75, 3.05) is 0 Å². The number of hydrogen-bond acceptors (Lipinski definition) is 4. The molecular weight excluding hydrogens is 296 g/mol. The second kappa shape index (κ2) is 6.83. The van der Waals surface area contributed by atoms with Crippen LogP contribution in [0.3, 0.4) is 0 Å². The van der Waals surface area contributed by atoms with Crippen LogP contribution in [0.1, 0.15) is 15.9 Å². The van der Waals surface area contributed by atoms with E-state index in [1.165, 1.54) is 18.2 Å². The lowest BCUT2D eigenvalue weighted by atomic mass is 10.2. The van der Waals surface area contributed by atoms with Gasteiger partial charge >= 0.3 is 0 Å². The number of hydroxylamine groups is 1. The average molecular weight is 307 g/mol. The molecule has 1 N–H and O–H groups in total. The van der Waals surface area contributed by atoms with Gasteiger partial charge in [0, 0.05) is 6.07 Å². The van der Waals surface area contributed by atoms with E-state index in [0.717, 1.165) is 5.56 Å². The van der Waals surface area contributed by atoms with Gasteiger partial charge in [-0.15, -0.1) is 0 Å². The number of amides is 1. The highest BCUT2D eigenvalue weighted by atomic mass is 35.5. The summed E-state index contributed by atoms with van der Waals surface area (Å²) in [4.78, 5) is 27.1. The molecule has 0 saturated carbocycles. The molecule has 0 bridgehead atoms. The van der Waals surface area contributed by atoms with Crippen molar-refractivity contribution in [1.29, 1.82) is 0 Å². The van der Waals surface area contributed by atoms with Gasteiger partial charge in [0.05, 0.1) is 17.1 Å². The Morgan fingerprint density at radius 1 is 1.19 bits per heavy atom. The Bertz CT molecular complexity index is 661. The van der Waals surface area contributed by atoms with E-state index in [1.54, 1.807) is 0 Å². The fourth-order valence-corrected chi connectivity index (χ4v) is 1.93. The zero-order valence-electron chi connectivity index (χ0n) is 10.8. The number of nitrogens with zero attached hydrogens (tertiary/aromatic N) is 1. The number of benzene rings is 2. The highest BCUT2D eigenvalue weighted by Crippen LogP contribution is 2.27. The lowest BCUT2D eigenvalue weighted by Crippen LogP contribution is -2.24. The van der Waals surface area contributed by atoms with Crippen LogP contribution in [-0.4, -0.2) is 10.8 Å². The highest BCUT2D eigenvalue weighted by Gasteiger charge is 2.19. The molecule has 6 nitrogen and oxygen atoms in total. The fourth-order valence-electron chi connectivity index (χ4n) is 1.65. The van der Waals surface area contributed by atoms with Crippen LogP contribution in [0.4, 0.5) is 5.69 Å². The monoisotopic (exact) mass is 306 g/mol. The number of carbonyl (C=O) groups excluding carboxylic acids is 1. The van der Waals surface area contributed by atoms with Crippen molar-refractivity contribution in [1.82, 2.24) is 5.48 Å². The van der Waals surface area contributed by atoms with E-state index in [9.17, 15) is 14.9 Å². The zero-order chi connectivity index (χ0) is 15.2. The van der Waals surface area contributed by atoms with E-state index in [-0.39, 0.29) is 22.9 Å². The van der Waals surface area contributed by atoms with Crippen LogP contribution < -0.4 is 5.48 Å². The van der Waals surface area contributed by atoms with Crippen LogP contribution in [-0.2, 0) is 11.4 Å². The maximum atomic E-state index is 11.9. The molecule has 0 aliphatic carbocycles. The first-order valence-corrected chi connectivity index (χ1v) is 6.36. The predicted molar refractivity (Wildman–Crippen MR) is 76.8 cm³/mol. The number of hydrogen-bond donors (Lipinski definition) is 1. The number of halogens is 1. The van der Waals surface area contributed by atoms with Crippen molar-refractivity contribution in [2.45, 2.75) is 6.61 Å². The van der Waals surface area contributed by atoms with E-state index in [1.807, 2.05) is 30.3 Å². The van der Waals surface area contributed by atoms with Crippen molar-refractivity contribution < 1.29 is 14.6 Å². The van der Waals surface area contributed by atoms with Gasteiger partial charge in [-0.1, -0.05) is 48.0 Å². The largest absolute Gasteiger partial charge is 0.288 e. The van der Waals surface area contributed by atoms with Crippen LogP contribution in [0, 0.1) is 10.1 Å². The van der Waals surface area contributed by atoms with E-state index in [0.29, 0.717) is 0 Å². The van der Waals surface area contributed by atoms with Gasteiger partial charge in [0.1, 0.15) is 5.02 Å². The standard InChI is InChI=1S/C14H11ClN2O4/c15-13-11(7-4-8-12(13)17(19)20)14(18)16-21-9-10-5-2-1-3-6-10/h1-8H,9H2,(H,16,18). The van der Waals surface area contributed by atoms with E-state index in [2.05, 4.69) is 5.48 Å². The first kappa shape index (κ1) is 15.0. The van der Waals surface area contributed by atoms with Crippen LogP contribution in [0.2, 0.25) is 5.02 Å². The van der Waals surface area contributed by atoms with Gasteiger partial charge in [0.25, 0.3) is 11.6 Å². The van der Waals surface area contributed by atoms with Gasteiger partial charge in [-0.05, 0) is 11.6 Å². The number of rotatable bonds is 5. The Hall–Kier alpha value is -2.44. The molecule has 0 aromatic heterocycles. The minimum atomic E-state index is -0.649. The fraction of sp³-hybridized carbons (Fsp3) is 0.0714. The van der Waals surface area contributed by atoms with Gasteiger partial charge < -0.3 is 0 Å². The topological polar surface area (TPSA) is 81.5 Å². The maximum absolute atomic E-state index is 11.9. The molecule has 0 heterocycles. The summed E-state index contributed by atoms with van der Waals surface area (Å²) in [5.41, 5.74) is 2.74. The summed E-state index contributed by atoms with van der Waals surface area (Å²) in [5, 5.41) is 10.5. The molecule has 7 heteroatoms. The first-order chi connectivity index (χ1) is 10.1. The molecular formula is C14H11ClN2O4.